The Morgan fingerprint density at radius 1 is 1.36 bits per heavy atom. The standard InChI is InChI=1S/C10H18N2O2/c13-9(14)7-8-1-4-12-10(8)2-5-11-6-3-10/h8,11-12H,1-7H2,(H,13,14). The third-order valence-corrected chi connectivity index (χ3v) is 3.67. The minimum atomic E-state index is -0.656. The Balaban J connectivity index is 2.03. The molecule has 2 fully saturated rings. The Labute approximate surface area is 84.1 Å². The van der Waals surface area contributed by atoms with E-state index in [2.05, 4.69) is 10.6 Å². The molecule has 80 valence electrons. The van der Waals surface area contributed by atoms with Crippen LogP contribution in [0, 0.1) is 5.92 Å². The molecule has 0 radical (unpaired) electrons. The van der Waals surface area contributed by atoms with Gasteiger partial charge < -0.3 is 15.7 Å². The van der Waals surface area contributed by atoms with Crippen molar-refractivity contribution in [2.24, 2.45) is 5.92 Å². The maximum absolute atomic E-state index is 10.7. The molecule has 1 unspecified atom stereocenters. The smallest absolute Gasteiger partial charge is 0.303 e. The van der Waals surface area contributed by atoms with Gasteiger partial charge in [0, 0.05) is 12.0 Å². The summed E-state index contributed by atoms with van der Waals surface area (Å²) in [6, 6.07) is 0. The molecular weight excluding hydrogens is 180 g/mol. The zero-order valence-corrected chi connectivity index (χ0v) is 8.38. The predicted molar refractivity (Wildman–Crippen MR) is 53.2 cm³/mol. The van der Waals surface area contributed by atoms with Crippen molar-refractivity contribution in [1.29, 1.82) is 0 Å². The van der Waals surface area contributed by atoms with Crippen LogP contribution < -0.4 is 10.6 Å². The predicted octanol–water partition coefficient (Wildman–Crippen LogP) is 0.193. The lowest BCUT2D eigenvalue weighted by atomic mass is 9.77. The Morgan fingerprint density at radius 2 is 2.07 bits per heavy atom. The maximum atomic E-state index is 10.7. The number of carboxylic acids is 1. The second-order valence-corrected chi connectivity index (χ2v) is 4.42. The third-order valence-electron chi connectivity index (χ3n) is 3.67. The second-order valence-electron chi connectivity index (χ2n) is 4.42. The molecule has 0 aromatic carbocycles. The second kappa shape index (κ2) is 3.87. The first-order chi connectivity index (χ1) is 6.73. The first-order valence-electron chi connectivity index (χ1n) is 5.40. The van der Waals surface area contributed by atoms with E-state index in [0.717, 1.165) is 38.9 Å². The molecule has 2 saturated heterocycles. The SMILES string of the molecule is O=C(O)CC1CCNC12CCNCC2. The van der Waals surface area contributed by atoms with E-state index in [9.17, 15) is 4.79 Å². The zero-order valence-electron chi connectivity index (χ0n) is 8.38. The molecule has 0 aromatic heterocycles. The third kappa shape index (κ3) is 1.77. The number of piperidine rings is 1. The summed E-state index contributed by atoms with van der Waals surface area (Å²) in [4.78, 5) is 10.7. The Hall–Kier alpha value is -0.610. The van der Waals surface area contributed by atoms with Gasteiger partial charge in [-0.15, -0.1) is 0 Å². The van der Waals surface area contributed by atoms with Gasteiger partial charge in [-0.05, 0) is 44.8 Å². The molecule has 2 aliphatic rings. The first kappa shape index (κ1) is 9.93. The molecule has 14 heavy (non-hydrogen) atoms. The molecule has 3 N–H and O–H groups in total. The van der Waals surface area contributed by atoms with Gasteiger partial charge in [0.1, 0.15) is 0 Å². The number of hydrogen-bond donors (Lipinski definition) is 3. The maximum Gasteiger partial charge on any atom is 0.303 e. The van der Waals surface area contributed by atoms with E-state index in [4.69, 9.17) is 5.11 Å². The summed E-state index contributed by atoms with van der Waals surface area (Å²) in [5, 5.41) is 15.7. The summed E-state index contributed by atoms with van der Waals surface area (Å²) < 4.78 is 0. The monoisotopic (exact) mass is 198 g/mol. The molecule has 4 heteroatoms. The van der Waals surface area contributed by atoms with Crippen LogP contribution in [0.2, 0.25) is 0 Å². The van der Waals surface area contributed by atoms with Crippen molar-refractivity contribution in [2.45, 2.75) is 31.2 Å². The molecular formula is C10H18N2O2. The number of carboxylic acid groups (broad SMARTS) is 1. The van der Waals surface area contributed by atoms with Crippen LogP contribution in [0.3, 0.4) is 0 Å². The summed E-state index contributed by atoms with van der Waals surface area (Å²) in [6.07, 6.45) is 3.50. The molecule has 0 aromatic rings. The fourth-order valence-electron chi connectivity index (χ4n) is 2.88. The highest BCUT2D eigenvalue weighted by molar-refractivity contribution is 5.67. The van der Waals surface area contributed by atoms with Crippen molar-refractivity contribution < 1.29 is 9.90 Å². The average Bonchev–Trinajstić information content (AvgIpc) is 2.50. The molecule has 2 rings (SSSR count). The molecule has 0 amide bonds. The van der Waals surface area contributed by atoms with Crippen molar-refractivity contribution in [1.82, 2.24) is 10.6 Å². The summed E-state index contributed by atoms with van der Waals surface area (Å²) in [5.41, 5.74) is 0.129. The summed E-state index contributed by atoms with van der Waals surface area (Å²) in [7, 11) is 0. The molecule has 2 heterocycles. The van der Waals surface area contributed by atoms with Crippen LogP contribution in [0.25, 0.3) is 0 Å². The van der Waals surface area contributed by atoms with E-state index >= 15 is 0 Å². The van der Waals surface area contributed by atoms with Crippen LogP contribution in [0.5, 0.6) is 0 Å². The molecule has 0 saturated carbocycles. The van der Waals surface area contributed by atoms with Gasteiger partial charge in [0.25, 0.3) is 0 Å². The lowest BCUT2D eigenvalue weighted by Crippen LogP contribution is -2.52. The Bertz CT molecular complexity index is 224. The van der Waals surface area contributed by atoms with E-state index in [1.165, 1.54) is 0 Å². The summed E-state index contributed by atoms with van der Waals surface area (Å²) >= 11 is 0. The van der Waals surface area contributed by atoms with E-state index < -0.39 is 5.97 Å². The van der Waals surface area contributed by atoms with Crippen LogP contribution in [0.4, 0.5) is 0 Å². The van der Waals surface area contributed by atoms with E-state index in [1.807, 2.05) is 0 Å². The number of aliphatic carboxylic acids is 1. The molecule has 1 spiro atoms. The van der Waals surface area contributed by atoms with E-state index in [0.29, 0.717) is 12.3 Å². The molecule has 4 nitrogen and oxygen atoms in total. The first-order valence-corrected chi connectivity index (χ1v) is 5.40. The van der Waals surface area contributed by atoms with Gasteiger partial charge in [0.15, 0.2) is 0 Å². The normalized spacial score (nSPS) is 30.7. The number of nitrogens with one attached hydrogen (secondary N) is 2. The Kier molecular flexibility index (Phi) is 2.74. The van der Waals surface area contributed by atoms with Crippen LogP contribution >= 0.6 is 0 Å². The van der Waals surface area contributed by atoms with Crippen LogP contribution in [-0.4, -0.2) is 36.2 Å². The van der Waals surface area contributed by atoms with Crippen LogP contribution in [-0.2, 0) is 4.79 Å². The van der Waals surface area contributed by atoms with Crippen molar-refractivity contribution >= 4 is 5.97 Å². The summed E-state index contributed by atoms with van der Waals surface area (Å²) in [5.74, 6) is -0.321. The quantitative estimate of drug-likeness (QED) is 0.593. The van der Waals surface area contributed by atoms with Gasteiger partial charge in [-0.1, -0.05) is 0 Å². The van der Waals surface area contributed by atoms with Gasteiger partial charge >= 0.3 is 5.97 Å². The minimum Gasteiger partial charge on any atom is -0.481 e. The van der Waals surface area contributed by atoms with Gasteiger partial charge in [-0.3, -0.25) is 4.79 Å². The highest BCUT2D eigenvalue weighted by atomic mass is 16.4. The largest absolute Gasteiger partial charge is 0.481 e. The summed E-state index contributed by atoms with van der Waals surface area (Å²) in [6.45, 7) is 3.02. The van der Waals surface area contributed by atoms with Crippen molar-refractivity contribution in [3.8, 4) is 0 Å². The Morgan fingerprint density at radius 3 is 2.71 bits per heavy atom. The van der Waals surface area contributed by atoms with Gasteiger partial charge in [0.2, 0.25) is 0 Å². The minimum absolute atomic E-state index is 0.129. The van der Waals surface area contributed by atoms with Gasteiger partial charge in [0.05, 0.1) is 0 Å². The van der Waals surface area contributed by atoms with Crippen LogP contribution in [0.1, 0.15) is 25.7 Å². The van der Waals surface area contributed by atoms with Crippen molar-refractivity contribution in [3.63, 3.8) is 0 Å². The zero-order chi connectivity index (χ0) is 10.0. The average molecular weight is 198 g/mol. The van der Waals surface area contributed by atoms with E-state index in [1.54, 1.807) is 0 Å². The van der Waals surface area contributed by atoms with Crippen LogP contribution in [0.15, 0.2) is 0 Å². The molecule has 1 atom stereocenters. The van der Waals surface area contributed by atoms with Gasteiger partial charge in [-0.2, -0.15) is 0 Å². The lowest BCUT2D eigenvalue weighted by Gasteiger charge is -2.39. The fourth-order valence-corrected chi connectivity index (χ4v) is 2.88. The highest BCUT2D eigenvalue weighted by Crippen LogP contribution is 2.36. The number of hydrogen-bond acceptors (Lipinski definition) is 3. The lowest BCUT2D eigenvalue weighted by molar-refractivity contribution is -0.138. The van der Waals surface area contributed by atoms with E-state index in [-0.39, 0.29) is 5.54 Å². The van der Waals surface area contributed by atoms with Crippen molar-refractivity contribution in [2.75, 3.05) is 19.6 Å². The van der Waals surface area contributed by atoms with Crippen molar-refractivity contribution in [3.05, 3.63) is 0 Å². The molecule has 0 aliphatic carbocycles. The molecule has 2 aliphatic heterocycles. The van der Waals surface area contributed by atoms with Gasteiger partial charge in [-0.25, -0.2) is 0 Å². The fraction of sp³-hybridized carbons (Fsp3) is 0.900. The molecule has 0 bridgehead atoms. The number of carbonyl (C=O) groups is 1. The topological polar surface area (TPSA) is 61.4 Å². The highest BCUT2D eigenvalue weighted by Gasteiger charge is 2.43. The number of rotatable bonds is 2.